The van der Waals surface area contributed by atoms with Crippen molar-refractivity contribution in [2.24, 2.45) is 0 Å². The molecule has 0 aliphatic carbocycles. The highest BCUT2D eigenvalue weighted by molar-refractivity contribution is 5.58. The Bertz CT molecular complexity index is 440. The van der Waals surface area contributed by atoms with Crippen LogP contribution >= 0.6 is 0 Å². The largest absolute Gasteiger partial charge is 0.449 e. The number of aromatic nitrogens is 1. The maximum Gasteiger partial charge on any atom is 0.191 e. The first kappa shape index (κ1) is 9.97. The molecule has 0 saturated carbocycles. The molecule has 0 atom stereocenters. The Kier molecular flexibility index (Phi) is 2.58. The number of oxazole rings is 1. The first-order chi connectivity index (χ1) is 7.16. The van der Waals surface area contributed by atoms with Crippen molar-refractivity contribution in [3.8, 4) is 11.3 Å². The summed E-state index contributed by atoms with van der Waals surface area (Å²) in [5, 5.41) is 0. The SMILES string of the molecule is Cc1nc(-c2ccc(C(C)C)cc2)co1. The van der Waals surface area contributed by atoms with Crippen molar-refractivity contribution in [3.05, 3.63) is 42.0 Å². The van der Waals surface area contributed by atoms with Gasteiger partial charge >= 0.3 is 0 Å². The van der Waals surface area contributed by atoms with E-state index < -0.39 is 0 Å². The lowest BCUT2D eigenvalue weighted by Gasteiger charge is -2.04. The molecule has 1 aromatic heterocycles. The third kappa shape index (κ3) is 2.09. The Labute approximate surface area is 90.0 Å². The highest BCUT2D eigenvalue weighted by Gasteiger charge is 2.04. The monoisotopic (exact) mass is 201 g/mol. The van der Waals surface area contributed by atoms with Gasteiger partial charge in [0, 0.05) is 12.5 Å². The molecule has 0 fully saturated rings. The van der Waals surface area contributed by atoms with Crippen LogP contribution in [0.4, 0.5) is 0 Å². The van der Waals surface area contributed by atoms with Gasteiger partial charge in [-0.15, -0.1) is 0 Å². The standard InChI is InChI=1S/C13H15NO/c1-9(2)11-4-6-12(7-5-11)13-8-15-10(3)14-13/h4-9H,1-3H3. The van der Waals surface area contributed by atoms with E-state index in [0.29, 0.717) is 11.8 Å². The van der Waals surface area contributed by atoms with E-state index in [9.17, 15) is 0 Å². The molecule has 0 unspecified atom stereocenters. The molecule has 15 heavy (non-hydrogen) atoms. The molecule has 2 rings (SSSR count). The predicted molar refractivity (Wildman–Crippen MR) is 60.8 cm³/mol. The summed E-state index contributed by atoms with van der Waals surface area (Å²) >= 11 is 0. The molecule has 0 amide bonds. The number of aryl methyl sites for hydroxylation is 1. The van der Waals surface area contributed by atoms with Crippen LogP contribution in [0, 0.1) is 6.92 Å². The summed E-state index contributed by atoms with van der Waals surface area (Å²) in [4.78, 5) is 4.29. The van der Waals surface area contributed by atoms with Crippen LogP contribution in [0.1, 0.15) is 31.2 Å². The van der Waals surface area contributed by atoms with Crippen molar-refractivity contribution in [2.45, 2.75) is 26.7 Å². The van der Waals surface area contributed by atoms with Crippen LogP contribution in [0.2, 0.25) is 0 Å². The fourth-order valence-corrected chi connectivity index (χ4v) is 1.53. The van der Waals surface area contributed by atoms with Gasteiger partial charge in [-0.05, 0) is 11.5 Å². The van der Waals surface area contributed by atoms with Gasteiger partial charge in [-0.2, -0.15) is 0 Å². The second-order valence-corrected chi connectivity index (χ2v) is 4.03. The smallest absolute Gasteiger partial charge is 0.191 e. The van der Waals surface area contributed by atoms with Crippen molar-refractivity contribution < 1.29 is 4.42 Å². The minimum Gasteiger partial charge on any atom is -0.449 e. The Morgan fingerprint density at radius 1 is 1.13 bits per heavy atom. The average molecular weight is 201 g/mol. The van der Waals surface area contributed by atoms with Gasteiger partial charge < -0.3 is 4.42 Å². The second kappa shape index (κ2) is 3.89. The van der Waals surface area contributed by atoms with E-state index in [-0.39, 0.29) is 0 Å². The fraction of sp³-hybridized carbons (Fsp3) is 0.308. The fourth-order valence-electron chi connectivity index (χ4n) is 1.53. The first-order valence-corrected chi connectivity index (χ1v) is 5.19. The number of rotatable bonds is 2. The van der Waals surface area contributed by atoms with Gasteiger partial charge in [0.25, 0.3) is 0 Å². The van der Waals surface area contributed by atoms with Crippen LogP contribution in [0.3, 0.4) is 0 Å². The minimum absolute atomic E-state index is 0.568. The summed E-state index contributed by atoms with van der Waals surface area (Å²) in [7, 11) is 0. The van der Waals surface area contributed by atoms with E-state index in [1.54, 1.807) is 6.26 Å². The van der Waals surface area contributed by atoms with E-state index in [0.717, 1.165) is 11.3 Å². The molecular weight excluding hydrogens is 186 g/mol. The van der Waals surface area contributed by atoms with E-state index in [2.05, 4.69) is 43.1 Å². The van der Waals surface area contributed by atoms with E-state index >= 15 is 0 Å². The van der Waals surface area contributed by atoms with E-state index in [1.807, 2.05) is 6.92 Å². The van der Waals surface area contributed by atoms with Gasteiger partial charge in [0.15, 0.2) is 5.89 Å². The summed E-state index contributed by atoms with van der Waals surface area (Å²) in [6.07, 6.45) is 1.69. The number of hydrogen-bond acceptors (Lipinski definition) is 2. The van der Waals surface area contributed by atoms with Gasteiger partial charge in [-0.3, -0.25) is 0 Å². The van der Waals surface area contributed by atoms with Crippen molar-refractivity contribution in [1.82, 2.24) is 4.98 Å². The molecule has 2 nitrogen and oxygen atoms in total. The third-order valence-electron chi connectivity index (χ3n) is 2.49. The Morgan fingerprint density at radius 2 is 1.80 bits per heavy atom. The van der Waals surface area contributed by atoms with Crippen molar-refractivity contribution in [1.29, 1.82) is 0 Å². The van der Waals surface area contributed by atoms with Crippen LogP contribution in [0.25, 0.3) is 11.3 Å². The van der Waals surface area contributed by atoms with E-state index in [4.69, 9.17) is 4.42 Å². The molecule has 0 radical (unpaired) electrons. The molecule has 78 valence electrons. The zero-order valence-corrected chi connectivity index (χ0v) is 9.32. The lowest BCUT2D eigenvalue weighted by molar-refractivity contribution is 0.521. The van der Waals surface area contributed by atoms with Crippen LogP contribution < -0.4 is 0 Å². The lowest BCUT2D eigenvalue weighted by Crippen LogP contribution is -1.86. The van der Waals surface area contributed by atoms with Crippen LogP contribution in [-0.2, 0) is 0 Å². The summed E-state index contributed by atoms with van der Waals surface area (Å²) < 4.78 is 5.19. The topological polar surface area (TPSA) is 26.0 Å². The van der Waals surface area contributed by atoms with Gasteiger partial charge in [0.2, 0.25) is 0 Å². The molecule has 0 N–H and O–H groups in total. The van der Waals surface area contributed by atoms with E-state index in [1.165, 1.54) is 5.56 Å². The normalized spacial score (nSPS) is 10.9. The number of benzene rings is 1. The Morgan fingerprint density at radius 3 is 2.27 bits per heavy atom. The summed E-state index contributed by atoms with van der Waals surface area (Å²) in [5.41, 5.74) is 3.36. The molecule has 0 aliphatic heterocycles. The van der Waals surface area contributed by atoms with Crippen LogP contribution in [-0.4, -0.2) is 4.98 Å². The average Bonchev–Trinajstić information content (AvgIpc) is 2.65. The highest BCUT2D eigenvalue weighted by atomic mass is 16.3. The summed E-state index contributed by atoms with van der Waals surface area (Å²) in [6.45, 7) is 6.23. The van der Waals surface area contributed by atoms with Crippen LogP contribution in [0.5, 0.6) is 0 Å². The summed E-state index contributed by atoms with van der Waals surface area (Å²) in [5.74, 6) is 1.27. The maximum absolute atomic E-state index is 5.19. The zero-order valence-electron chi connectivity index (χ0n) is 9.32. The third-order valence-corrected chi connectivity index (χ3v) is 2.49. The number of nitrogens with zero attached hydrogens (tertiary/aromatic N) is 1. The minimum atomic E-state index is 0.568. The molecule has 2 aromatic rings. The van der Waals surface area contributed by atoms with Gasteiger partial charge in [0.05, 0.1) is 0 Å². The molecule has 0 bridgehead atoms. The molecule has 0 spiro atoms. The van der Waals surface area contributed by atoms with Gasteiger partial charge in [0.1, 0.15) is 12.0 Å². The Hall–Kier alpha value is -1.57. The molecule has 0 aliphatic rings. The molecule has 1 heterocycles. The van der Waals surface area contributed by atoms with Crippen molar-refractivity contribution >= 4 is 0 Å². The van der Waals surface area contributed by atoms with Crippen molar-refractivity contribution in [3.63, 3.8) is 0 Å². The second-order valence-electron chi connectivity index (χ2n) is 4.03. The first-order valence-electron chi connectivity index (χ1n) is 5.19. The molecular formula is C13H15NO. The quantitative estimate of drug-likeness (QED) is 0.739. The zero-order chi connectivity index (χ0) is 10.8. The van der Waals surface area contributed by atoms with Crippen LogP contribution in [0.15, 0.2) is 34.9 Å². The van der Waals surface area contributed by atoms with Gasteiger partial charge in [-0.25, -0.2) is 4.98 Å². The Balaban J connectivity index is 2.31. The molecule has 2 heteroatoms. The van der Waals surface area contributed by atoms with Gasteiger partial charge in [-0.1, -0.05) is 38.1 Å². The number of hydrogen-bond donors (Lipinski definition) is 0. The molecule has 0 saturated heterocycles. The maximum atomic E-state index is 5.19. The lowest BCUT2D eigenvalue weighted by atomic mass is 10.0. The summed E-state index contributed by atoms with van der Waals surface area (Å²) in [6, 6.07) is 8.47. The highest BCUT2D eigenvalue weighted by Crippen LogP contribution is 2.21. The van der Waals surface area contributed by atoms with Crippen molar-refractivity contribution in [2.75, 3.05) is 0 Å². The predicted octanol–water partition coefficient (Wildman–Crippen LogP) is 3.77. The molecule has 1 aromatic carbocycles.